The molecule has 0 bridgehead atoms. The number of carbonyl (C=O) groups excluding carboxylic acids is 2. The van der Waals surface area contributed by atoms with Crippen molar-refractivity contribution in [2.45, 2.75) is 13.8 Å². The van der Waals surface area contributed by atoms with E-state index in [-0.39, 0.29) is 23.4 Å². The zero-order valence-electron chi connectivity index (χ0n) is 15.6. The summed E-state index contributed by atoms with van der Waals surface area (Å²) < 4.78 is 5.84. The number of ether oxygens (including phenoxy) is 1. The van der Waals surface area contributed by atoms with E-state index >= 15 is 0 Å². The zero-order chi connectivity index (χ0) is 20.5. The van der Waals surface area contributed by atoms with Crippen molar-refractivity contribution < 1.29 is 14.3 Å². The molecule has 0 unspecified atom stereocenters. The summed E-state index contributed by atoms with van der Waals surface area (Å²) in [4.78, 5) is 27.1. The lowest BCUT2D eigenvalue weighted by atomic mass is 9.93. The maximum absolute atomic E-state index is 12.9. The lowest BCUT2D eigenvalue weighted by molar-refractivity contribution is -0.127. The van der Waals surface area contributed by atoms with E-state index in [1.54, 1.807) is 41.3 Å². The molecule has 1 heterocycles. The lowest BCUT2D eigenvalue weighted by Crippen LogP contribution is -2.42. The smallest absolute Gasteiger partial charge is 0.257 e. The highest BCUT2D eigenvalue weighted by Crippen LogP contribution is 2.38. The topological polar surface area (TPSA) is 58.6 Å². The Kier molecular flexibility index (Phi) is 5.68. The molecule has 2 aromatic carbocycles. The van der Waals surface area contributed by atoms with Gasteiger partial charge in [0.05, 0.1) is 21.7 Å². The minimum absolute atomic E-state index is 0.0737. The summed E-state index contributed by atoms with van der Waals surface area (Å²) in [6.07, 6.45) is 1.65. The van der Waals surface area contributed by atoms with Gasteiger partial charge in [-0.15, -0.1) is 6.58 Å². The molecule has 2 aromatic rings. The minimum atomic E-state index is -0.678. The van der Waals surface area contributed by atoms with Crippen LogP contribution in [0.1, 0.15) is 24.2 Å². The summed E-state index contributed by atoms with van der Waals surface area (Å²) in [5.74, 6) is 0.122. The Morgan fingerprint density at radius 3 is 2.71 bits per heavy atom. The van der Waals surface area contributed by atoms with Crippen LogP contribution in [0.5, 0.6) is 5.75 Å². The summed E-state index contributed by atoms with van der Waals surface area (Å²) >= 11 is 12.0. The number of carbonyl (C=O) groups is 2. The monoisotopic (exact) mass is 418 g/mol. The molecule has 0 saturated carbocycles. The summed E-state index contributed by atoms with van der Waals surface area (Å²) in [6, 6.07) is 9.83. The number of hydrogen-bond acceptors (Lipinski definition) is 3. The van der Waals surface area contributed by atoms with Gasteiger partial charge < -0.3 is 15.0 Å². The number of amides is 2. The van der Waals surface area contributed by atoms with Crippen molar-refractivity contribution in [1.82, 2.24) is 0 Å². The molecule has 0 atom stereocenters. The summed E-state index contributed by atoms with van der Waals surface area (Å²) in [5.41, 5.74) is 0.718. The fraction of sp³-hybridized carbons (Fsp3) is 0.238. The van der Waals surface area contributed by atoms with E-state index in [0.717, 1.165) is 0 Å². The number of rotatable bonds is 4. The van der Waals surface area contributed by atoms with E-state index in [4.69, 9.17) is 27.9 Å². The van der Waals surface area contributed by atoms with Gasteiger partial charge in [-0.3, -0.25) is 9.59 Å². The second-order valence-corrected chi connectivity index (χ2v) is 7.98. The fourth-order valence-corrected chi connectivity index (χ4v) is 3.40. The molecule has 7 heteroatoms. The molecular weight excluding hydrogens is 399 g/mol. The SMILES string of the molecule is C=CCN1C(=O)C(C)(C)COc2ccc(NC(=O)c3ccc(Cl)cc3Cl)cc21. The highest BCUT2D eigenvalue weighted by molar-refractivity contribution is 6.37. The summed E-state index contributed by atoms with van der Waals surface area (Å²) in [7, 11) is 0. The van der Waals surface area contributed by atoms with Gasteiger partial charge in [0.15, 0.2) is 0 Å². The molecule has 0 aliphatic carbocycles. The Morgan fingerprint density at radius 1 is 1.29 bits per heavy atom. The Hall–Kier alpha value is -2.50. The predicted molar refractivity (Wildman–Crippen MR) is 113 cm³/mol. The Morgan fingerprint density at radius 2 is 2.04 bits per heavy atom. The van der Waals surface area contributed by atoms with Crippen molar-refractivity contribution in [3.8, 4) is 5.75 Å². The maximum atomic E-state index is 12.9. The van der Waals surface area contributed by atoms with Crippen LogP contribution >= 0.6 is 23.2 Å². The molecule has 2 amide bonds. The van der Waals surface area contributed by atoms with Crippen molar-refractivity contribution in [3.63, 3.8) is 0 Å². The first-order chi connectivity index (χ1) is 13.2. The first-order valence-corrected chi connectivity index (χ1v) is 9.44. The Bertz CT molecular complexity index is 957. The van der Waals surface area contributed by atoms with Crippen molar-refractivity contribution in [2.75, 3.05) is 23.4 Å². The molecule has 0 spiro atoms. The molecule has 0 fully saturated rings. The molecule has 28 heavy (non-hydrogen) atoms. The van der Waals surface area contributed by atoms with Crippen LogP contribution in [0, 0.1) is 5.41 Å². The van der Waals surface area contributed by atoms with E-state index in [9.17, 15) is 9.59 Å². The number of benzene rings is 2. The van der Waals surface area contributed by atoms with E-state index in [0.29, 0.717) is 34.3 Å². The minimum Gasteiger partial charge on any atom is -0.490 e. The maximum Gasteiger partial charge on any atom is 0.257 e. The van der Waals surface area contributed by atoms with Crippen LogP contribution < -0.4 is 15.0 Å². The molecule has 1 N–H and O–H groups in total. The molecule has 0 radical (unpaired) electrons. The average Bonchev–Trinajstić information content (AvgIpc) is 2.72. The number of hydrogen-bond donors (Lipinski definition) is 1. The van der Waals surface area contributed by atoms with Gasteiger partial charge in [-0.05, 0) is 50.2 Å². The predicted octanol–water partition coefficient (Wildman–Crippen LogP) is 5.18. The van der Waals surface area contributed by atoms with Gasteiger partial charge in [0, 0.05) is 17.3 Å². The summed E-state index contributed by atoms with van der Waals surface area (Å²) in [6.45, 7) is 8.00. The van der Waals surface area contributed by atoms with Gasteiger partial charge in [-0.25, -0.2) is 0 Å². The van der Waals surface area contributed by atoms with Gasteiger partial charge in [0.2, 0.25) is 5.91 Å². The number of nitrogens with zero attached hydrogens (tertiary/aromatic N) is 1. The molecule has 1 aliphatic heterocycles. The lowest BCUT2D eigenvalue weighted by Gasteiger charge is -2.27. The second kappa shape index (κ2) is 7.86. The standard InChI is InChI=1S/C21H20Cl2N2O3/c1-4-9-25-17-11-14(6-8-18(17)28-12-21(2,3)20(25)27)24-19(26)15-7-5-13(22)10-16(15)23/h4-8,10-11H,1,9,12H2,2-3H3,(H,24,26). The first kappa shape index (κ1) is 20.2. The van der Waals surface area contributed by atoms with Gasteiger partial charge in [-0.1, -0.05) is 29.3 Å². The first-order valence-electron chi connectivity index (χ1n) is 8.69. The third kappa shape index (κ3) is 4.01. The van der Waals surface area contributed by atoms with Crippen LogP contribution in [0.3, 0.4) is 0 Å². The molecular formula is C21H20Cl2N2O3. The van der Waals surface area contributed by atoms with Gasteiger partial charge in [0.25, 0.3) is 5.91 Å². The second-order valence-electron chi connectivity index (χ2n) is 7.14. The molecule has 1 aliphatic rings. The third-order valence-corrected chi connectivity index (χ3v) is 4.96. The Balaban J connectivity index is 1.94. The zero-order valence-corrected chi connectivity index (χ0v) is 17.1. The van der Waals surface area contributed by atoms with Crippen molar-refractivity contribution in [3.05, 3.63) is 64.7 Å². The summed E-state index contributed by atoms with van der Waals surface area (Å²) in [5, 5.41) is 3.51. The van der Waals surface area contributed by atoms with Crippen LogP contribution in [0.2, 0.25) is 10.0 Å². The van der Waals surface area contributed by atoms with Gasteiger partial charge in [0.1, 0.15) is 12.4 Å². The molecule has 0 saturated heterocycles. The van der Waals surface area contributed by atoms with Crippen molar-refractivity contribution in [1.29, 1.82) is 0 Å². The van der Waals surface area contributed by atoms with E-state index in [1.807, 2.05) is 13.8 Å². The number of nitrogens with one attached hydrogen (secondary N) is 1. The normalized spacial score (nSPS) is 15.3. The van der Waals surface area contributed by atoms with E-state index < -0.39 is 5.41 Å². The van der Waals surface area contributed by atoms with Crippen LogP contribution in [0.4, 0.5) is 11.4 Å². The van der Waals surface area contributed by atoms with Crippen molar-refractivity contribution in [2.24, 2.45) is 5.41 Å². The Labute approximate surface area is 173 Å². The van der Waals surface area contributed by atoms with Crippen LogP contribution in [0.25, 0.3) is 0 Å². The largest absolute Gasteiger partial charge is 0.490 e. The van der Waals surface area contributed by atoms with Gasteiger partial charge in [-0.2, -0.15) is 0 Å². The van der Waals surface area contributed by atoms with Gasteiger partial charge >= 0.3 is 0 Å². The number of fused-ring (bicyclic) bond motifs is 1. The fourth-order valence-electron chi connectivity index (χ4n) is 2.91. The average molecular weight is 419 g/mol. The van der Waals surface area contributed by atoms with E-state index in [2.05, 4.69) is 11.9 Å². The molecule has 146 valence electrons. The quantitative estimate of drug-likeness (QED) is 0.695. The number of halogens is 2. The van der Waals surface area contributed by atoms with Crippen molar-refractivity contribution >= 4 is 46.4 Å². The third-order valence-electron chi connectivity index (χ3n) is 4.41. The molecule has 5 nitrogen and oxygen atoms in total. The molecule has 0 aromatic heterocycles. The number of anilines is 2. The highest BCUT2D eigenvalue weighted by Gasteiger charge is 2.37. The molecule has 3 rings (SSSR count). The van der Waals surface area contributed by atoms with Crippen LogP contribution in [-0.2, 0) is 4.79 Å². The van der Waals surface area contributed by atoms with Crippen LogP contribution in [0.15, 0.2) is 49.1 Å². The highest BCUT2D eigenvalue weighted by atomic mass is 35.5. The van der Waals surface area contributed by atoms with E-state index in [1.165, 1.54) is 6.07 Å². The van der Waals surface area contributed by atoms with Crippen LogP contribution in [-0.4, -0.2) is 25.0 Å².